The SMILES string of the molecule is O=[N+]([O-])c1ccc(F)c(-c2ccccc2F)c1. The van der Waals surface area contributed by atoms with Crippen LogP contribution >= 0.6 is 0 Å². The van der Waals surface area contributed by atoms with E-state index in [1.807, 2.05) is 0 Å². The van der Waals surface area contributed by atoms with Crippen LogP contribution in [0, 0.1) is 21.7 Å². The molecule has 0 amide bonds. The summed E-state index contributed by atoms with van der Waals surface area (Å²) in [5, 5.41) is 10.6. The van der Waals surface area contributed by atoms with Crippen LogP contribution in [0.15, 0.2) is 42.5 Å². The third-order valence-corrected chi connectivity index (χ3v) is 2.32. The summed E-state index contributed by atoms with van der Waals surface area (Å²) in [5.74, 6) is -1.31. The van der Waals surface area contributed by atoms with Gasteiger partial charge >= 0.3 is 0 Å². The molecule has 0 saturated heterocycles. The molecule has 0 spiro atoms. The Morgan fingerprint density at radius 1 is 0.941 bits per heavy atom. The van der Waals surface area contributed by atoms with Gasteiger partial charge in [0.25, 0.3) is 5.69 Å². The lowest BCUT2D eigenvalue weighted by Gasteiger charge is -2.04. The van der Waals surface area contributed by atoms with Gasteiger partial charge in [0.05, 0.1) is 4.92 Å². The Morgan fingerprint density at radius 3 is 2.24 bits per heavy atom. The van der Waals surface area contributed by atoms with Gasteiger partial charge in [-0.3, -0.25) is 10.1 Å². The Labute approximate surface area is 95.5 Å². The third-order valence-electron chi connectivity index (χ3n) is 2.32. The quantitative estimate of drug-likeness (QED) is 0.590. The highest BCUT2D eigenvalue weighted by Crippen LogP contribution is 2.28. The van der Waals surface area contributed by atoms with Crippen LogP contribution in [0.3, 0.4) is 0 Å². The van der Waals surface area contributed by atoms with Gasteiger partial charge in [0.1, 0.15) is 11.6 Å². The summed E-state index contributed by atoms with van der Waals surface area (Å²) in [4.78, 5) is 9.92. The summed E-state index contributed by atoms with van der Waals surface area (Å²) in [6.07, 6.45) is 0. The van der Waals surface area contributed by atoms with Gasteiger partial charge in [-0.15, -0.1) is 0 Å². The smallest absolute Gasteiger partial charge is 0.258 e. The van der Waals surface area contributed by atoms with Crippen molar-refractivity contribution in [1.29, 1.82) is 0 Å². The van der Waals surface area contributed by atoms with E-state index in [9.17, 15) is 18.9 Å². The highest BCUT2D eigenvalue weighted by atomic mass is 19.1. The highest BCUT2D eigenvalue weighted by molar-refractivity contribution is 5.67. The molecule has 0 radical (unpaired) electrons. The zero-order valence-corrected chi connectivity index (χ0v) is 8.56. The van der Waals surface area contributed by atoms with E-state index in [-0.39, 0.29) is 16.8 Å². The van der Waals surface area contributed by atoms with Crippen LogP contribution in [0.5, 0.6) is 0 Å². The van der Waals surface area contributed by atoms with Crippen LogP contribution in [-0.2, 0) is 0 Å². The second-order valence-electron chi connectivity index (χ2n) is 3.40. The Kier molecular flexibility index (Phi) is 2.82. The van der Waals surface area contributed by atoms with E-state index >= 15 is 0 Å². The normalized spacial score (nSPS) is 10.2. The summed E-state index contributed by atoms with van der Waals surface area (Å²) < 4.78 is 27.0. The fraction of sp³-hybridized carbons (Fsp3) is 0. The first-order valence-electron chi connectivity index (χ1n) is 4.78. The van der Waals surface area contributed by atoms with E-state index in [2.05, 4.69) is 0 Å². The van der Waals surface area contributed by atoms with Crippen molar-refractivity contribution < 1.29 is 13.7 Å². The average molecular weight is 235 g/mol. The largest absolute Gasteiger partial charge is 0.270 e. The molecular formula is C12H7F2NO2. The number of nitro benzene ring substituents is 1. The topological polar surface area (TPSA) is 43.1 Å². The highest BCUT2D eigenvalue weighted by Gasteiger charge is 2.14. The molecular weight excluding hydrogens is 228 g/mol. The molecule has 0 saturated carbocycles. The molecule has 0 aromatic heterocycles. The Hall–Kier alpha value is -2.30. The minimum Gasteiger partial charge on any atom is -0.258 e. The molecule has 5 heteroatoms. The molecule has 2 aromatic rings. The molecule has 0 aliphatic rings. The Balaban J connectivity index is 2.63. The third kappa shape index (κ3) is 2.13. The molecule has 2 rings (SSSR count). The van der Waals surface area contributed by atoms with E-state index in [0.29, 0.717) is 0 Å². The molecule has 2 aromatic carbocycles. The lowest BCUT2D eigenvalue weighted by Crippen LogP contribution is -1.92. The standard InChI is InChI=1S/C12H7F2NO2/c13-11-4-2-1-3-9(11)10-7-8(15(16)17)5-6-12(10)14/h1-7H. The van der Waals surface area contributed by atoms with Gasteiger partial charge in [0.15, 0.2) is 0 Å². The van der Waals surface area contributed by atoms with Gasteiger partial charge in [-0.25, -0.2) is 8.78 Å². The fourth-order valence-electron chi connectivity index (χ4n) is 1.51. The summed E-state index contributed by atoms with van der Waals surface area (Å²) >= 11 is 0. The number of nitrogens with zero attached hydrogens (tertiary/aromatic N) is 1. The number of rotatable bonds is 2. The van der Waals surface area contributed by atoms with Gasteiger partial charge in [-0.1, -0.05) is 18.2 Å². The van der Waals surface area contributed by atoms with Crippen LogP contribution in [0.1, 0.15) is 0 Å². The Morgan fingerprint density at radius 2 is 1.59 bits per heavy atom. The second-order valence-corrected chi connectivity index (χ2v) is 3.40. The maximum Gasteiger partial charge on any atom is 0.270 e. The number of non-ortho nitro benzene ring substituents is 1. The van der Waals surface area contributed by atoms with Crippen molar-refractivity contribution in [2.75, 3.05) is 0 Å². The van der Waals surface area contributed by atoms with Crippen LogP contribution in [0.4, 0.5) is 14.5 Å². The van der Waals surface area contributed by atoms with Crippen LogP contribution in [-0.4, -0.2) is 4.92 Å². The van der Waals surface area contributed by atoms with Crippen molar-refractivity contribution in [2.45, 2.75) is 0 Å². The zero-order valence-electron chi connectivity index (χ0n) is 8.56. The monoisotopic (exact) mass is 235 g/mol. The minimum atomic E-state index is -0.694. The van der Waals surface area contributed by atoms with Crippen molar-refractivity contribution in [2.24, 2.45) is 0 Å². The summed E-state index contributed by atoms with van der Waals surface area (Å²) in [7, 11) is 0. The van der Waals surface area contributed by atoms with Crippen molar-refractivity contribution >= 4 is 5.69 Å². The number of hydrogen-bond donors (Lipinski definition) is 0. The predicted octanol–water partition coefficient (Wildman–Crippen LogP) is 3.54. The molecule has 3 nitrogen and oxygen atoms in total. The maximum absolute atomic E-state index is 13.5. The molecule has 0 N–H and O–H groups in total. The molecule has 17 heavy (non-hydrogen) atoms. The van der Waals surface area contributed by atoms with Gasteiger partial charge in [-0.2, -0.15) is 0 Å². The number of benzene rings is 2. The minimum absolute atomic E-state index is 0.00806. The summed E-state index contributed by atoms with van der Waals surface area (Å²) in [6, 6.07) is 8.57. The fourth-order valence-corrected chi connectivity index (χ4v) is 1.51. The molecule has 0 atom stereocenters. The molecule has 0 unspecified atom stereocenters. The molecule has 0 fully saturated rings. The Bertz CT molecular complexity index is 584. The molecule has 0 heterocycles. The van der Waals surface area contributed by atoms with E-state index in [1.54, 1.807) is 0 Å². The lowest BCUT2D eigenvalue weighted by molar-refractivity contribution is -0.384. The first-order chi connectivity index (χ1) is 8.09. The van der Waals surface area contributed by atoms with E-state index in [1.165, 1.54) is 24.3 Å². The van der Waals surface area contributed by atoms with Crippen molar-refractivity contribution in [3.05, 3.63) is 64.2 Å². The number of hydrogen-bond acceptors (Lipinski definition) is 2. The van der Waals surface area contributed by atoms with Gasteiger partial charge in [-0.05, 0) is 12.1 Å². The first-order valence-corrected chi connectivity index (χ1v) is 4.78. The molecule has 86 valence electrons. The van der Waals surface area contributed by atoms with Crippen LogP contribution in [0.25, 0.3) is 11.1 Å². The molecule has 0 bridgehead atoms. The maximum atomic E-state index is 13.5. The molecule has 0 aliphatic heterocycles. The molecule has 0 aliphatic carbocycles. The van der Waals surface area contributed by atoms with Gasteiger partial charge in [0.2, 0.25) is 0 Å². The van der Waals surface area contributed by atoms with Crippen molar-refractivity contribution in [1.82, 2.24) is 0 Å². The summed E-state index contributed by atoms with van der Waals surface area (Å²) in [5.41, 5.74) is -0.379. The van der Waals surface area contributed by atoms with E-state index in [4.69, 9.17) is 0 Å². The van der Waals surface area contributed by atoms with Gasteiger partial charge < -0.3 is 0 Å². The van der Waals surface area contributed by atoms with Crippen LogP contribution in [0.2, 0.25) is 0 Å². The van der Waals surface area contributed by atoms with Crippen molar-refractivity contribution in [3.63, 3.8) is 0 Å². The van der Waals surface area contributed by atoms with Crippen LogP contribution < -0.4 is 0 Å². The number of nitro groups is 1. The summed E-state index contributed by atoms with van der Waals surface area (Å²) in [6.45, 7) is 0. The van der Waals surface area contributed by atoms with Crippen molar-refractivity contribution in [3.8, 4) is 11.1 Å². The number of halogens is 2. The average Bonchev–Trinajstić information content (AvgIpc) is 2.30. The zero-order chi connectivity index (χ0) is 12.4. The van der Waals surface area contributed by atoms with E-state index < -0.39 is 16.6 Å². The second kappa shape index (κ2) is 4.29. The van der Waals surface area contributed by atoms with E-state index in [0.717, 1.165) is 18.2 Å². The first kappa shape index (κ1) is 11.2. The predicted molar refractivity (Wildman–Crippen MR) is 58.4 cm³/mol. The van der Waals surface area contributed by atoms with Gasteiger partial charge in [0, 0.05) is 23.3 Å². The lowest BCUT2D eigenvalue weighted by atomic mass is 10.0.